The van der Waals surface area contributed by atoms with E-state index in [9.17, 15) is 14.9 Å². The Hall–Kier alpha value is -1.44. The number of thiophene rings is 1. The Morgan fingerprint density at radius 1 is 1.45 bits per heavy atom. The van der Waals surface area contributed by atoms with Crippen LogP contribution in [0.4, 0.5) is 5.69 Å². The molecule has 0 saturated carbocycles. The molecule has 0 spiro atoms. The number of nitrogens with one attached hydrogen (secondary N) is 1. The van der Waals surface area contributed by atoms with Gasteiger partial charge in [0.2, 0.25) is 0 Å². The van der Waals surface area contributed by atoms with Crippen LogP contribution >= 0.6 is 38.9 Å². The van der Waals surface area contributed by atoms with Crippen molar-refractivity contribution >= 4 is 50.5 Å². The topological polar surface area (TPSA) is 72.2 Å². The van der Waals surface area contributed by atoms with Gasteiger partial charge in [-0.1, -0.05) is 11.6 Å². The first-order valence-electron chi connectivity index (χ1n) is 5.43. The molecule has 20 heavy (non-hydrogen) atoms. The average molecular weight is 376 g/mol. The van der Waals surface area contributed by atoms with Gasteiger partial charge in [0.15, 0.2) is 0 Å². The number of hydrogen-bond donors (Lipinski definition) is 1. The fourth-order valence-electron chi connectivity index (χ4n) is 1.51. The van der Waals surface area contributed by atoms with Crippen LogP contribution in [0.15, 0.2) is 34.1 Å². The number of nitrogens with zero attached hydrogens (tertiary/aromatic N) is 1. The molecule has 0 bridgehead atoms. The van der Waals surface area contributed by atoms with Crippen LogP contribution in [0.2, 0.25) is 5.02 Å². The zero-order valence-corrected chi connectivity index (χ0v) is 13.1. The fraction of sp³-hybridized carbons (Fsp3) is 0.0833. The molecular weight excluding hydrogens is 368 g/mol. The maximum absolute atomic E-state index is 11.9. The minimum Gasteiger partial charge on any atom is -0.347 e. The van der Waals surface area contributed by atoms with Gasteiger partial charge >= 0.3 is 0 Å². The summed E-state index contributed by atoms with van der Waals surface area (Å²) >= 11 is 10.6. The summed E-state index contributed by atoms with van der Waals surface area (Å²) in [7, 11) is 0. The predicted molar refractivity (Wildman–Crippen MR) is 81.3 cm³/mol. The average Bonchev–Trinajstić information content (AvgIpc) is 2.81. The Kier molecular flexibility index (Phi) is 4.74. The molecule has 0 aliphatic heterocycles. The number of nitro benzene ring substituents is 1. The molecule has 0 unspecified atom stereocenters. The Labute approximate surface area is 131 Å². The normalized spacial score (nSPS) is 10.3. The molecule has 1 aromatic heterocycles. The van der Waals surface area contributed by atoms with Crippen molar-refractivity contribution in [3.05, 3.63) is 59.7 Å². The van der Waals surface area contributed by atoms with Crippen molar-refractivity contribution in [3.8, 4) is 0 Å². The van der Waals surface area contributed by atoms with Crippen LogP contribution < -0.4 is 5.32 Å². The third-order valence-electron chi connectivity index (χ3n) is 2.51. The number of halogens is 2. The molecule has 1 heterocycles. The molecule has 0 aliphatic rings. The van der Waals surface area contributed by atoms with Crippen LogP contribution in [-0.2, 0) is 6.54 Å². The molecule has 1 N–H and O–H groups in total. The third kappa shape index (κ3) is 3.36. The van der Waals surface area contributed by atoms with Gasteiger partial charge in [-0.05, 0) is 39.5 Å². The van der Waals surface area contributed by atoms with E-state index in [0.717, 1.165) is 9.35 Å². The van der Waals surface area contributed by atoms with Crippen molar-refractivity contribution in [2.75, 3.05) is 0 Å². The first-order valence-corrected chi connectivity index (χ1v) is 7.48. The van der Waals surface area contributed by atoms with Crippen molar-refractivity contribution in [2.24, 2.45) is 0 Å². The van der Waals surface area contributed by atoms with E-state index in [4.69, 9.17) is 11.6 Å². The van der Waals surface area contributed by atoms with E-state index >= 15 is 0 Å². The molecule has 2 aromatic rings. The summed E-state index contributed by atoms with van der Waals surface area (Å²) in [4.78, 5) is 23.1. The molecule has 1 amide bonds. The first-order chi connectivity index (χ1) is 9.49. The molecule has 0 saturated heterocycles. The van der Waals surface area contributed by atoms with Gasteiger partial charge in [-0.15, -0.1) is 11.3 Å². The smallest absolute Gasteiger partial charge is 0.288 e. The minimum atomic E-state index is -0.616. The van der Waals surface area contributed by atoms with Crippen LogP contribution in [-0.4, -0.2) is 10.8 Å². The van der Waals surface area contributed by atoms with E-state index in [2.05, 4.69) is 21.2 Å². The first kappa shape index (κ1) is 15.0. The Morgan fingerprint density at radius 3 is 2.80 bits per heavy atom. The van der Waals surface area contributed by atoms with E-state index in [1.807, 2.05) is 11.4 Å². The SMILES string of the molecule is O=C(NCc1sccc1Br)c1ccc(Cl)c([N+](=O)[O-])c1. The molecule has 0 radical (unpaired) electrons. The number of benzene rings is 1. The number of carbonyl (C=O) groups excluding carboxylic acids is 1. The summed E-state index contributed by atoms with van der Waals surface area (Å²) in [6.45, 7) is 0.355. The van der Waals surface area contributed by atoms with Gasteiger partial charge in [0, 0.05) is 21.0 Å². The lowest BCUT2D eigenvalue weighted by atomic mass is 10.2. The second-order valence-corrected chi connectivity index (χ2v) is 6.06. The van der Waals surface area contributed by atoms with Gasteiger partial charge in [0.05, 0.1) is 11.5 Å². The molecule has 8 heteroatoms. The van der Waals surface area contributed by atoms with Crippen molar-refractivity contribution in [1.82, 2.24) is 5.32 Å². The molecule has 1 aromatic carbocycles. The van der Waals surface area contributed by atoms with E-state index in [1.165, 1.54) is 29.5 Å². The summed E-state index contributed by atoms with van der Waals surface area (Å²) in [5, 5.41) is 15.4. The van der Waals surface area contributed by atoms with Crippen molar-refractivity contribution in [1.29, 1.82) is 0 Å². The van der Waals surface area contributed by atoms with Crippen molar-refractivity contribution < 1.29 is 9.72 Å². The number of carbonyl (C=O) groups is 1. The number of amides is 1. The maximum Gasteiger partial charge on any atom is 0.288 e. The molecular formula is C12H8BrClN2O3S. The number of rotatable bonds is 4. The van der Waals surface area contributed by atoms with E-state index in [-0.39, 0.29) is 22.2 Å². The highest BCUT2D eigenvalue weighted by atomic mass is 79.9. The number of hydrogen-bond acceptors (Lipinski definition) is 4. The van der Waals surface area contributed by atoms with E-state index in [0.29, 0.717) is 6.54 Å². The number of nitro groups is 1. The standard InChI is InChI=1S/C12H8BrClN2O3S/c13-8-3-4-20-11(8)6-15-12(17)7-1-2-9(14)10(5-7)16(18)19/h1-5H,6H2,(H,15,17). The lowest BCUT2D eigenvalue weighted by molar-refractivity contribution is -0.384. The van der Waals surface area contributed by atoms with E-state index in [1.54, 1.807) is 0 Å². The van der Waals surface area contributed by atoms with E-state index < -0.39 is 4.92 Å². The Morgan fingerprint density at radius 2 is 2.20 bits per heavy atom. The maximum atomic E-state index is 11.9. The van der Waals surface area contributed by atoms with Gasteiger partial charge in [-0.3, -0.25) is 14.9 Å². The molecule has 0 atom stereocenters. The van der Waals surface area contributed by atoms with Gasteiger partial charge in [0.1, 0.15) is 5.02 Å². The summed E-state index contributed by atoms with van der Waals surface area (Å²) in [6.07, 6.45) is 0. The van der Waals surface area contributed by atoms with Crippen LogP contribution in [0, 0.1) is 10.1 Å². The quantitative estimate of drug-likeness (QED) is 0.648. The highest BCUT2D eigenvalue weighted by Gasteiger charge is 2.16. The summed E-state index contributed by atoms with van der Waals surface area (Å²) in [6, 6.07) is 5.85. The zero-order valence-electron chi connectivity index (χ0n) is 9.93. The third-order valence-corrected chi connectivity index (χ3v) is 4.75. The second-order valence-electron chi connectivity index (χ2n) is 3.80. The van der Waals surface area contributed by atoms with Crippen molar-refractivity contribution in [3.63, 3.8) is 0 Å². The Balaban J connectivity index is 2.12. The van der Waals surface area contributed by atoms with Crippen LogP contribution in [0.25, 0.3) is 0 Å². The van der Waals surface area contributed by atoms with Gasteiger partial charge in [-0.25, -0.2) is 0 Å². The van der Waals surface area contributed by atoms with Gasteiger partial charge in [0.25, 0.3) is 11.6 Å². The highest BCUT2D eigenvalue weighted by Crippen LogP contribution is 2.25. The fourth-order valence-corrected chi connectivity index (χ4v) is 3.13. The molecule has 5 nitrogen and oxygen atoms in total. The van der Waals surface area contributed by atoms with Gasteiger partial charge in [-0.2, -0.15) is 0 Å². The highest BCUT2D eigenvalue weighted by molar-refractivity contribution is 9.10. The molecule has 104 valence electrons. The predicted octanol–water partition coefficient (Wildman–Crippen LogP) is 4.00. The largest absolute Gasteiger partial charge is 0.347 e. The summed E-state index contributed by atoms with van der Waals surface area (Å²) in [5.74, 6) is -0.384. The summed E-state index contributed by atoms with van der Waals surface area (Å²) < 4.78 is 0.921. The molecule has 2 rings (SSSR count). The zero-order chi connectivity index (χ0) is 14.7. The van der Waals surface area contributed by atoms with Crippen LogP contribution in [0.3, 0.4) is 0 Å². The van der Waals surface area contributed by atoms with Crippen molar-refractivity contribution in [2.45, 2.75) is 6.54 Å². The van der Waals surface area contributed by atoms with Gasteiger partial charge < -0.3 is 5.32 Å². The lowest BCUT2D eigenvalue weighted by Crippen LogP contribution is -2.22. The molecule has 0 aliphatic carbocycles. The van der Waals surface area contributed by atoms with Crippen LogP contribution in [0.1, 0.15) is 15.2 Å². The molecule has 0 fully saturated rings. The summed E-state index contributed by atoms with van der Waals surface area (Å²) in [5.41, 5.74) is -0.0783. The lowest BCUT2D eigenvalue weighted by Gasteiger charge is -2.05. The monoisotopic (exact) mass is 374 g/mol. The van der Waals surface area contributed by atoms with Crippen LogP contribution in [0.5, 0.6) is 0 Å². The second kappa shape index (κ2) is 6.34. The Bertz CT molecular complexity index is 674. The minimum absolute atomic E-state index is 0.00699.